The summed E-state index contributed by atoms with van der Waals surface area (Å²) in [7, 11) is 0. The van der Waals surface area contributed by atoms with Gasteiger partial charge in [-0.1, -0.05) is 103 Å². The van der Waals surface area contributed by atoms with Crippen LogP contribution < -0.4 is 4.90 Å². The van der Waals surface area contributed by atoms with Gasteiger partial charge in [0.15, 0.2) is 0 Å². The molecule has 0 N–H and O–H groups in total. The minimum Gasteiger partial charge on any atom is -0.456 e. The Kier molecular flexibility index (Phi) is 5.82. The molecule has 0 fully saturated rings. The standard InChI is InChI=1S/C42H28N2O/c1-4-13-29(14-5-1)34-20-12-21-38-42(34)37-26-24-32(27-39(37)44(38)31-17-8-3-9-18-31)43(30-15-6-2-7-16-30)33-23-25-36-35-19-10-11-22-40(35)45-41(36)28-33/h1-28H. The third kappa shape index (κ3) is 4.13. The van der Waals surface area contributed by atoms with Gasteiger partial charge >= 0.3 is 0 Å². The van der Waals surface area contributed by atoms with Crippen molar-refractivity contribution < 1.29 is 4.42 Å². The van der Waals surface area contributed by atoms with Crippen molar-refractivity contribution in [1.29, 1.82) is 0 Å². The molecule has 2 aromatic heterocycles. The first-order chi connectivity index (χ1) is 22.3. The van der Waals surface area contributed by atoms with E-state index in [0.717, 1.165) is 50.2 Å². The van der Waals surface area contributed by atoms with E-state index in [1.54, 1.807) is 0 Å². The van der Waals surface area contributed by atoms with Crippen molar-refractivity contribution in [2.24, 2.45) is 0 Å². The van der Waals surface area contributed by atoms with Gasteiger partial charge in [0.25, 0.3) is 0 Å². The number of fused-ring (bicyclic) bond motifs is 6. The van der Waals surface area contributed by atoms with Crippen LogP contribution in [0.3, 0.4) is 0 Å². The summed E-state index contributed by atoms with van der Waals surface area (Å²) < 4.78 is 8.72. The van der Waals surface area contributed by atoms with E-state index in [2.05, 4.69) is 167 Å². The van der Waals surface area contributed by atoms with E-state index < -0.39 is 0 Å². The second-order valence-electron chi connectivity index (χ2n) is 11.4. The maximum atomic E-state index is 6.33. The molecule has 0 bridgehead atoms. The highest BCUT2D eigenvalue weighted by Crippen LogP contribution is 2.43. The number of furan rings is 1. The molecule has 0 aliphatic heterocycles. The van der Waals surface area contributed by atoms with Crippen molar-refractivity contribution in [2.45, 2.75) is 0 Å². The Labute approximate surface area is 260 Å². The molecular weight excluding hydrogens is 548 g/mol. The fourth-order valence-corrected chi connectivity index (χ4v) is 6.79. The molecule has 45 heavy (non-hydrogen) atoms. The lowest BCUT2D eigenvalue weighted by atomic mass is 9.99. The summed E-state index contributed by atoms with van der Waals surface area (Å²) in [6.45, 7) is 0. The first-order valence-electron chi connectivity index (χ1n) is 15.3. The molecule has 0 saturated heterocycles. The quantitative estimate of drug-likeness (QED) is 0.203. The Bertz CT molecular complexity index is 2470. The summed E-state index contributed by atoms with van der Waals surface area (Å²) in [6, 6.07) is 60.2. The number of nitrogens with zero attached hydrogens (tertiary/aromatic N) is 2. The molecular formula is C42H28N2O. The molecule has 0 unspecified atom stereocenters. The fraction of sp³-hybridized carbons (Fsp3) is 0. The van der Waals surface area contributed by atoms with Gasteiger partial charge in [0.05, 0.1) is 11.0 Å². The van der Waals surface area contributed by atoms with E-state index >= 15 is 0 Å². The van der Waals surface area contributed by atoms with Crippen molar-refractivity contribution in [3.8, 4) is 16.8 Å². The average Bonchev–Trinajstić information content (AvgIpc) is 3.65. The van der Waals surface area contributed by atoms with Crippen LogP contribution in [0.15, 0.2) is 174 Å². The molecule has 212 valence electrons. The highest BCUT2D eigenvalue weighted by atomic mass is 16.3. The van der Waals surface area contributed by atoms with Gasteiger partial charge in [-0.05, 0) is 71.8 Å². The molecule has 3 nitrogen and oxygen atoms in total. The molecule has 0 aliphatic carbocycles. The number of para-hydroxylation sites is 3. The first kappa shape index (κ1) is 25.4. The Morgan fingerprint density at radius 3 is 1.87 bits per heavy atom. The van der Waals surface area contributed by atoms with E-state index in [9.17, 15) is 0 Å². The highest BCUT2D eigenvalue weighted by molar-refractivity contribution is 6.16. The van der Waals surface area contributed by atoms with Crippen molar-refractivity contribution in [3.05, 3.63) is 170 Å². The van der Waals surface area contributed by atoms with E-state index in [0.29, 0.717) is 0 Å². The molecule has 9 aromatic rings. The maximum absolute atomic E-state index is 6.33. The van der Waals surface area contributed by atoms with Crippen LogP contribution in [0, 0.1) is 0 Å². The predicted molar refractivity (Wildman–Crippen MR) is 188 cm³/mol. The van der Waals surface area contributed by atoms with Crippen molar-refractivity contribution in [1.82, 2.24) is 4.57 Å². The zero-order valence-corrected chi connectivity index (χ0v) is 24.5. The molecule has 0 aliphatic rings. The third-order valence-electron chi connectivity index (χ3n) is 8.77. The van der Waals surface area contributed by atoms with Crippen LogP contribution >= 0.6 is 0 Å². The fourth-order valence-electron chi connectivity index (χ4n) is 6.79. The van der Waals surface area contributed by atoms with Gasteiger partial charge < -0.3 is 13.9 Å². The number of benzene rings is 7. The number of hydrogen-bond donors (Lipinski definition) is 0. The summed E-state index contributed by atoms with van der Waals surface area (Å²) >= 11 is 0. The minimum absolute atomic E-state index is 0.876. The summed E-state index contributed by atoms with van der Waals surface area (Å²) in [4.78, 5) is 2.32. The number of aromatic nitrogens is 1. The summed E-state index contributed by atoms with van der Waals surface area (Å²) in [6.07, 6.45) is 0. The first-order valence-corrected chi connectivity index (χ1v) is 15.3. The van der Waals surface area contributed by atoms with E-state index in [1.807, 2.05) is 12.1 Å². The van der Waals surface area contributed by atoms with Gasteiger partial charge in [-0.2, -0.15) is 0 Å². The number of anilines is 3. The van der Waals surface area contributed by atoms with Gasteiger partial charge in [0, 0.05) is 50.4 Å². The highest BCUT2D eigenvalue weighted by Gasteiger charge is 2.20. The van der Waals surface area contributed by atoms with E-state index in [-0.39, 0.29) is 0 Å². The largest absolute Gasteiger partial charge is 0.456 e. The normalized spacial score (nSPS) is 11.6. The van der Waals surface area contributed by atoms with Gasteiger partial charge in [0.1, 0.15) is 11.2 Å². The predicted octanol–water partition coefficient (Wildman–Crippen LogP) is 11.8. The number of hydrogen-bond acceptors (Lipinski definition) is 2. The lowest BCUT2D eigenvalue weighted by molar-refractivity contribution is 0.669. The molecule has 0 radical (unpaired) electrons. The van der Waals surface area contributed by atoms with Crippen LogP contribution in [0.4, 0.5) is 17.1 Å². The van der Waals surface area contributed by atoms with Crippen LogP contribution in [0.2, 0.25) is 0 Å². The summed E-state index contributed by atoms with van der Waals surface area (Å²) in [5.41, 5.74) is 10.9. The average molecular weight is 577 g/mol. The summed E-state index contributed by atoms with van der Waals surface area (Å²) in [5.74, 6) is 0. The Morgan fingerprint density at radius 1 is 0.422 bits per heavy atom. The summed E-state index contributed by atoms with van der Waals surface area (Å²) in [5, 5.41) is 4.73. The second kappa shape index (κ2) is 10.3. The van der Waals surface area contributed by atoms with Crippen LogP contribution in [-0.4, -0.2) is 4.57 Å². The molecule has 7 aromatic carbocycles. The molecule has 0 spiro atoms. The van der Waals surface area contributed by atoms with Crippen molar-refractivity contribution in [3.63, 3.8) is 0 Å². The van der Waals surface area contributed by atoms with Gasteiger partial charge in [-0.15, -0.1) is 0 Å². The van der Waals surface area contributed by atoms with Crippen LogP contribution in [0.25, 0.3) is 60.6 Å². The minimum atomic E-state index is 0.876. The van der Waals surface area contributed by atoms with Gasteiger partial charge in [0.2, 0.25) is 0 Å². The monoisotopic (exact) mass is 576 g/mol. The van der Waals surface area contributed by atoms with Crippen molar-refractivity contribution >= 4 is 60.8 Å². The zero-order chi connectivity index (χ0) is 29.7. The molecule has 9 rings (SSSR count). The Balaban J connectivity index is 1.32. The van der Waals surface area contributed by atoms with Crippen LogP contribution in [0.5, 0.6) is 0 Å². The van der Waals surface area contributed by atoms with E-state index in [4.69, 9.17) is 4.42 Å². The Hall–Kier alpha value is -6.06. The van der Waals surface area contributed by atoms with Gasteiger partial charge in [-0.3, -0.25) is 0 Å². The third-order valence-corrected chi connectivity index (χ3v) is 8.77. The maximum Gasteiger partial charge on any atom is 0.137 e. The molecule has 0 amide bonds. The smallest absolute Gasteiger partial charge is 0.137 e. The molecule has 0 saturated carbocycles. The molecule has 2 heterocycles. The van der Waals surface area contributed by atoms with Crippen molar-refractivity contribution in [2.75, 3.05) is 4.90 Å². The van der Waals surface area contributed by atoms with Crippen LogP contribution in [0.1, 0.15) is 0 Å². The SMILES string of the molecule is c1ccc(-c2cccc3c2c2ccc(N(c4ccccc4)c4ccc5c(c4)oc4ccccc45)cc2n3-c2ccccc2)cc1. The van der Waals surface area contributed by atoms with Gasteiger partial charge in [-0.25, -0.2) is 0 Å². The molecule has 0 atom stereocenters. The Morgan fingerprint density at radius 2 is 1.07 bits per heavy atom. The number of rotatable bonds is 5. The van der Waals surface area contributed by atoms with E-state index in [1.165, 1.54) is 27.4 Å². The van der Waals surface area contributed by atoms with Crippen LogP contribution in [-0.2, 0) is 0 Å². The topological polar surface area (TPSA) is 21.3 Å². The zero-order valence-electron chi connectivity index (χ0n) is 24.5. The molecule has 3 heteroatoms. The second-order valence-corrected chi connectivity index (χ2v) is 11.4. The lowest BCUT2D eigenvalue weighted by Gasteiger charge is -2.25. The lowest BCUT2D eigenvalue weighted by Crippen LogP contribution is -2.09.